The maximum absolute atomic E-state index is 13.1. The van der Waals surface area contributed by atoms with E-state index in [0.29, 0.717) is 0 Å². The molecule has 3 rings (SSSR count). The molecule has 1 aliphatic rings. The van der Waals surface area contributed by atoms with Crippen molar-refractivity contribution in [2.45, 2.75) is 17.1 Å². The van der Waals surface area contributed by atoms with Crippen molar-refractivity contribution >= 4 is 22.0 Å². The number of sulfonamides is 1. The summed E-state index contributed by atoms with van der Waals surface area (Å²) >= 11 is 0. The molecule has 0 radical (unpaired) electrons. The van der Waals surface area contributed by atoms with Gasteiger partial charge in [0, 0.05) is 12.6 Å². The number of alkyl halides is 3. The van der Waals surface area contributed by atoms with Crippen LogP contribution in [0.25, 0.3) is 0 Å². The smallest absolute Gasteiger partial charge is 0.419 e. The lowest BCUT2D eigenvalue weighted by Gasteiger charge is -2.14. The van der Waals surface area contributed by atoms with Crippen LogP contribution >= 0.6 is 0 Å². The number of amides is 3. The average molecular weight is 429 g/mol. The fraction of sp³-hybridized carbons (Fsp3) is 0.176. The number of carbonyl (C=O) groups is 2. The molecule has 1 atom stereocenters. The van der Waals surface area contributed by atoms with Crippen LogP contribution in [0.3, 0.4) is 0 Å². The molecule has 0 aliphatic carbocycles. The molecule has 1 saturated heterocycles. The maximum atomic E-state index is 13.1. The van der Waals surface area contributed by atoms with Crippen molar-refractivity contribution in [2.75, 3.05) is 6.54 Å². The van der Waals surface area contributed by atoms with E-state index in [2.05, 4.69) is 10.0 Å². The molecule has 154 valence electrons. The number of nitrogens with one attached hydrogen (secondary N) is 3. The van der Waals surface area contributed by atoms with Gasteiger partial charge < -0.3 is 10.1 Å². The lowest BCUT2D eigenvalue weighted by atomic mass is 10.2. The summed E-state index contributed by atoms with van der Waals surface area (Å²) in [6.45, 7) is -0.401. The van der Waals surface area contributed by atoms with Gasteiger partial charge in [0.2, 0.25) is 10.0 Å². The Hall–Kier alpha value is -3.12. The quantitative estimate of drug-likeness (QED) is 0.608. The highest BCUT2D eigenvalue weighted by atomic mass is 32.2. The molecule has 3 amide bonds. The van der Waals surface area contributed by atoms with E-state index in [1.807, 2.05) is 5.32 Å². The molecular formula is C17H14F3N3O5S. The van der Waals surface area contributed by atoms with Gasteiger partial charge in [-0.15, -0.1) is 0 Å². The second kappa shape index (κ2) is 7.72. The molecule has 29 heavy (non-hydrogen) atoms. The number of carbonyl (C=O) groups excluding carboxylic acids is 2. The van der Waals surface area contributed by atoms with E-state index in [1.165, 1.54) is 30.3 Å². The summed E-state index contributed by atoms with van der Waals surface area (Å²) in [7, 11) is -4.13. The molecule has 0 bridgehead atoms. The van der Waals surface area contributed by atoms with Crippen LogP contribution in [0.1, 0.15) is 5.56 Å². The van der Waals surface area contributed by atoms with Crippen molar-refractivity contribution in [3.8, 4) is 11.5 Å². The summed E-state index contributed by atoms with van der Waals surface area (Å²) in [6.07, 6.45) is -4.64. The molecule has 12 heteroatoms. The standard InChI is InChI=1S/C17H14F3N3O5S/c18-17(19,20)12-6-1-2-7-14(12)28-10-4-3-5-11(8-10)29(26,27)21-9-13-15(24)23-16(25)22-13/h1-8,13,21H,9H2,(H2,22,23,24,25)/t13-/m0/s1. The number of hydrogen-bond donors (Lipinski definition) is 3. The monoisotopic (exact) mass is 429 g/mol. The maximum Gasteiger partial charge on any atom is 0.419 e. The highest BCUT2D eigenvalue weighted by Gasteiger charge is 2.34. The van der Waals surface area contributed by atoms with E-state index >= 15 is 0 Å². The van der Waals surface area contributed by atoms with Gasteiger partial charge in [0.25, 0.3) is 5.91 Å². The summed E-state index contributed by atoms with van der Waals surface area (Å²) in [5, 5.41) is 4.20. The van der Waals surface area contributed by atoms with Gasteiger partial charge in [-0.25, -0.2) is 17.9 Å². The Bertz CT molecular complexity index is 1060. The van der Waals surface area contributed by atoms with Crippen LogP contribution in [-0.2, 0) is 21.0 Å². The van der Waals surface area contributed by atoms with E-state index in [0.717, 1.165) is 18.2 Å². The number of urea groups is 1. The average Bonchev–Trinajstić information content (AvgIpc) is 2.97. The molecule has 2 aromatic carbocycles. The highest BCUT2D eigenvalue weighted by Crippen LogP contribution is 2.38. The summed E-state index contributed by atoms with van der Waals surface area (Å²) in [5.74, 6) is -1.29. The van der Waals surface area contributed by atoms with Crippen LogP contribution in [0.5, 0.6) is 11.5 Å². The first kappa shape index (κ1) is 20.6. The SMILES string of the molecule is O=C1NC(=O)[C@H](CNS(=O)(=O)c2cccc(Oc3ccccc3C(F)(F)F)c2)N1. The number of rotatable bonds is 6. The molecule has 0 unspecified atom stereocenters. The molecule has 0 aromatic heterocycles. The predicted molar refractivity (Wildman–Crippen MR) is 93.6 cm³/mol. The second-order valence-corrected chi connectivity index (χ2v) is 7.70. The second-order valence-electron chi connectivity index (χ2n) is 5.94. The normalized spacial score (nSPS) is 17.0. The number of hydrogen-bond acceptors (Lipinski definition) is 5. The first-order chi connectivity index (χ1) is 13.6. The molecule has 0 spiro atoms. The Morgan fingerprint density at radius 1 is 1.07 bits per heavy atom. The van der Waals surface area contributed by atoms with Gasteiger partial charge >= 0.3 is 12.2 Å². The first-order valence-electron chi connectivity index (χ1n) is 8.11. The lowest BCUT2D eigenvalue weighted by molar-refractivity contribution is -0.138. The Kier molecular flexibility index (Phi) is 5.48. The van der Waals surface area contributed by atoms with Crippen LogP contribution in [-0.4, -0.2) is 32.9 Å². The van der Waals surface area contributed by atoms with Gasteiger partial charge in [-0.3, -0.25) is 10.1 Å². The van der Waals surface area contributed by atoms with Gasteiger partial charge in [-0.05, 0) is 24.3 Å². The third-order valence-corrected chi connectivity index (χ3v) is 5.29. The van der Waals surface area contributed by atoms with Crippen molar-refractivity contribution in [3.63, 3.8) is 0 Å². The van der Waals surface area contributed by atoms with Crippen molar-refractivity contribution in [3.05, 3.63) is 54.1 Å². The van der Waals surface area contributed by atoms with Crippen LogP contribution < -0.4 is 20.1 Å². The minimum Gasteiger partial charge on any atom is -0.457 e. The zero-order chi connectivity index (χ0) is 21.2. The van der Waals surface area contributed by atoms with Crippen molar-refractivity contribution in [1.29, 1.82) is 0 Å². The Balaban J connectivity index is 1.77. The Morgan fingerprint density at radius 3 is 2.45 bits per heavy atom. The number of halogens is 3. The third-order valence-electron chi connectivity index (χ3n) is 3.87. The van der Waals surface area contributed by atoms with Gasteiger partial charge in [-0.2, -0.15) is 13.2 Å². The fourth-order valence-electron chi connectivity index (χ4n) is 2.50. The van der Waals surface area contributed by atoms with Crippen LogP contribution in [0, 0.1) is 0 Å². The van der Waals surface area contributed by atoms with Crippen LogP contribution in [0.4, 0.5) is 18.0 Å². The number of ether oxygens (including phenoxy) is 1. The Morgan fingerprint density at radius 2 is 1.79 bits per heavy atom. The number of imide groups is 1. The highest BCUT2D eigenvalue weighted by molar-refractivity contribution is 7.89. The van der Waals surface area contributed by atoms with Gasteiger partial charge in [0.1, 0.15) is 17.5 Å². The molecule has 8 nitrogen and oxygen atoms in total. The fourth-order valence-corrected chi connectivity index (χ4v) is 3.58. The van der Waals surface area contributed by atoms with Gasteiger partial charge in [-0.1, -0.05) is 18.2 Å². The first-order valence-corrected chi connectivity index (χ1v) is 9.60. The lowest BCUT2D eigenvalue weighted by Crippen LogP contribution is -2.41. The predicted octanol–water partition coefficient (Wildman–Crippen LogP) is 1.98. The molecule has 1 heterocycles. The van der Waals surface area contributed by atoms with E-state index in [9.17, 15) is 31.2 Å². The molecule has 0 saturated carbocycles. The van der Waals surface area contributed by atoms with E-state index < -0.39 is 52.0 Å². The van der Waals surface area contributed by atoms with E-state index in [4.69, 9.17) is 4.74 Å². The summed E-state index contributed by atoms with van der Waals surface area (Å²) in [4.78, 5) is 22.2. The van der Waals surface area contributed by atoms with E-state index in [1.54, 1.807) is 0 Å². The summed E-state index contributed by atoms with van der Waals surface area (Å²) in [5.41, 5.74) is -1.01. The van der Waals surface area contributed by atoms with Crippen molar-refractivity contribution < 1.29 is 35.9 Å². The van der Waals surface area contributed by atoms with Crippen LogP contribution in [0.15, 0.2) is 53.4 Å². The van der Waals surface area contributed by atoms with Gasteiger partial charge in [0.15, 0.2) is 0 Å². The third kappa shape index (κ3) is 4.84. The largest absolute Gasteiger partial charge is 0.457 e. The Labute approximate surface area is 163 Å². The molecule has 3 N–H and O–H groups in total. The number of para-hydroxylation sites is 1. The zero-order valence-electron chi connectivity index (χ0n) is 14.5. The van der Waals surface area contributed by atoms with Crippen LogP contribution in [0.2, 0.25) is 0 Å². The minimum absolute atomic E-state index is 0.128. The van der Waals surface area contributed by atoms with E-state index in [-0.39, 0.29) is 10.6 Å². The zero-order valence-corrected chi connectivity index (χ0v) is 15.3. The molecule has 2 aromatic rings. The molecular weight excluding hydrogens is 415 g/mol. The molecule has 1 aliphatic heterocycles. The van der Waals surface area contributed by atoms with Crippen molar-refractivity contribution in [1.82, 2.24) is 15.4 Å². The van der Waals surface area contributed by atoms with Crippen molar-refractivity contribution in [2.24, 2.45) is 0 Å². The summed E-state index contributed by atoms with van der Waals surface area (Å²) < 4.78 is 71.5. The number of benzene rings is 2. The summed E-state index contributed by atoms with van der Waals surface area (Å²) in [6, 6.07) is 7.56. The van der Waals surface area contributed by atoms with Gasteiger partial charge in [0.05, 0.1) is 10.5 Å². The minimum atomic E-state index is -4.64. The topological polar surface area (TPSA) is 114 Å². The molecule has 1 fully saturated rings.